The van der Waals surface area contributed by atoms with Gasteiger partial charge in [0, 0.05) is 56.0 Å². The summed E-state index contributed by atoms with van der Waals surface area (Å²) in [5.41, 5.74) is 8.94. The predicted octanol–water partition coefficient (Wildman–Crippen LogP) is 5.66. The maximum Gasteiger partial charge on any atom is 0.343 e. The summed E-state index contributed by atoms with van der Waals surface area (Å²) in [5.74, 6) is 0.684. The van der Waals surface area contributed by atoms with Gasteiger partial charge < -0.3 is 15.3 Å². The van der Waals surface area contributed by atoms with Crippen LogP contribution in [0, 0.1) is 11.7 Å². The van der Waals surface area contributed by atoms with Crippen molar-refractivity contribution in [1.82, 2.24) is 29.5 Å². The van der Waals surface area contributed by atoms with Gasteiger partial charge in [-0.3, -0.25) is 9.80 Å². The molecule has 2 aliphatic heterocycles. The minimum absolute atomic E-state index is 0. The Kier molecular flexibility index (Phi) is 9.01. The first-order valence-electron chi connectivity index (χ1n) is 15.5. The summed E-state index contributed by atoms with van der Waals surface area (Å²) in [7, 11) is 0. The molecule has 3 aliphatic rings. The van der Waals surface area contributed by atoms with Crippen LogP contribution in [0.25, 0.3) is 38.6 Å². The summed E-state index contributed by atoms with van der Waals surface area (Å²) in [4.78, 5) is 27.1. The number of halogens is 3. The van der Waals surface area contributed by atoms with Crippen LogP contribution in [0.5, 0.6) is 5.75 Å². The smallest absolute Gasteiger partial charge is 0.343 e. The van der Waals surface area contributed by atoms with Gasteiger partial charge in [-0.05, 0) is 61.3 Å². The molecule has 0 radical (unpaired) electrons. The van der Waals surface area contributed by atoms with Crippen LogP contribution >= 0.6 is 24.8 Å². The van der Waals surface area contributed by atoms with Gasteiger partial charge in [0.2, 0.25) is 0 Å². The molecule has 0 spiro atoms. The first-order valence-corrected chi connectivity index (χ1v) is 15.5. The van der Waals surface area contributed by atoms with Crippen molar-refractivity contribution < 1.29 is 13.9 Å². The van der Waals surface area contributed by atoms with Gasteiger partial charge in [-0.25, -0.2) is 23.8 Å². The van der Waals surface area contributed by atoms with Crippen LogP contribution in [0.2, 0.25) is 0 Å². The van der Waals surface area contributed by atoms with E-state index in [9.17, 15) is 14.3 Å². The number of phenols is 1. The zero-order valence-corrected chi connectivity index (χ0v) is 27.4. The van der Waals surface area contributed by atoms with Gasteiger partial charge in [0.15, 0.2) is 5.65 Å². The van der Waals surface area contributed by atoms with E-state index in [2.05, 4.69) is 25.8 Å². The van der Waals surface area contributed by atoms with Crippen molar-refractivity contribution in [3.8, 4) is 17.0 Å². The van der Waals surface area contributed by atoms with E-state index in [1.165, 1.54) is 37.8 Å². The van der Waals surface area contributed by atoms with Crippen molar-refractivity contribution in [3.05, 3.63) is 82.4 Å². The molecule has 1 atom stereocenters. The molecule has 0 amide bonds. The molecular weight excluding hydrogens is 644 g/mol. The first kappa shape index (κ1) is 32.9. The van der Waals surface area contributed by atoms with Gasteiger partial charge in [0.1, 0.15) is 41.2 Å². The fraction of sp³-hybridized carbons (Fsp3) is 0.353. The summed E-state index contributed by atoms with van der Waals surface area (Å²) in [5, 5.41) is 16.7. The highest BCUT2D eigenvalue weighted by molar-refractivity contribution is 5.99. The van der Waals surface area contributed by atoms with Gasteiger partial charge >= 0.3 is 5.63 Å². The van der Waals surface area contributed by atoms with Gasteiger partial charge in [0.25, 0.3) is 0 Å². The highest BCUT2D eigenvalue weighted by Crippen LogP contribution is 2.39. The molecule has 13 heteroatoms. The highest BCUT2D eigenvalue weighted by Gasteiger charge is 2.36. The molecule has 1 unspecified atom stereocenters. The molecule has 2 fully saturated rings. The van der Waals surface area contributed by atoms with Gasteiger partial charge in [0.05, 0.1) is 10.8 Å². The Bertz CT molecular complexity index is 2040. The van der Waals surface area contributed by atoms with E-state index in [1.807, 2.05) is 25.1 Å². The number of likely N-dealkylation sites (tertiary alicyclic amines) is 1. The summed E-state index contributed by atoms with van der Waals surface area (Å²) in [6.07, 6.45) is 7.19. The van der Waals surface area contributed by atoms with Gasteiger partial charge in [-0.2, -0.15) is 5.10 Å². The lowest BCUT2D eigenvalue weighted by molar-refractivity contribution is 0.0371. The summed E-state index contributed by atoms with van der Waals surface area (Å²) < 4.78 is 22.1. The zero-order chi connectivity index (χ0) is 30.8. The molecule has 47 heavy (non-hydrogen) atoms. The number of hydrogen-bond donors (Lipinski definition) is 2. The van der Waals surface area contributed by atoms with Gasteiger partial charge in [-0.1, -0.05) is 24.3 Å². The largest absolute Gasteiger partial charge is 0.508 e. The fourth-order valence-corrected chi connectivity index (χ4v) is 6.96. The number of fused-ring (bicyclic) bond motifs is 2. The van der Waals surface area contributed by atoms with Crippen LogP contribution in [-0.4, -0.2) is 73.4 Å². The molecule has 1 saturated heterocycles. The van der Waals surface area contributed by atoms with Crippen LogP contribution in [0.3, 0.4) is 0 Å². The highest BCUT2D eigenvalue weighted by atomic mass is 35.5. The molecule has 246 valence electrons. The average Bonchev–Trinajstić information content (AvgIpc) is 3.75. The molecule has 8 rings (SSSR count). The van der Waals surface area contributed by atoms with E-state index in [0.29, 0.717) is 39.5 Å². The van der Waals surface area contributed by atoms with Crippen molar-refractivity contribution in [1.29, 1.82) is 0 Å². The molecule has 1 aliphatic carbocycles. The number of phenolic OH excluding ortho intramolecular Hbond substituents is 1. The van der Waals surface area contributed by atoms with E-state index < -0.39 is 17.5 Å². The lowest BCUT2D eigenvalue weighted by Gasteiger charge is -2.46. The number of nitrogens with zero attached hydrogens (tertiary/aromatic N) is 6. The lowest BCUT2D eigenvalue weighted by Crippen LogP contribution is -2.60. The molecule has 3 aromatic heterocycles. The number of aromatic nitrogens is 4. The third-order valence-electron chi connectivity index (χ3n) is 9.52. The minimum Gasteiger partial charge on any atom is -0.508 e. The van der Waals surface area contributed by atoms with Crippen LogP contribution in [0.15, 0.2) is 64.1 Å². The first-order chi connectivity index (χ1) is 21.8. The van der Waals surface area contributed by atoms with Crippen LogP contribution in [0.4, 0.5) is 10.2 Å². The summed E-state index contributed by atoms with van der Waals surface area (Å²) >= 11 is 0. The average molecular weight is 681 g/mol. The molecule has 10 nitrogen and oxygen atoms in total. The monoisotopic (exact) mass is 679 g/mol. The van der Waals surface area contributed by atoms with Crippen molar-refractivity contribution in [2.24, 2.45) is 5.92 Å². The Balaban J connectivity index is 0.00000193. The van der Waals surface area contributed by atoms with E-state index in [0.717, 1.165) is 61.1 Å². The minimum atomic E-state index is -0.616. The topological polar surface area (TPSA) is 127 Å². The summed E-state index contributed by atoms with van der Waals surface area (Å²) in [6, 6.07) is 11.2. The molecule has 5 aromatic rings. The Hall–Kier alpha value is -4.03. The van der Waals surface area contributed by atoms with Crippen molar-refractivity contribution in [2.45, 2.75) is 38.3 Å². The SMILES string of the molecule is CC(c1oc(=O)c2ccccc2c1C1=CCN(C2CN(CC3CC3)C2)CC1)n1nc(-c2cc(O)cc(F)c2)c2c(N)ncnc21.Cl.Cl. The Morgan fingerprint density at radius 1 is 1.11 bits per heavy atom. The van der Waals surface area contributed by atoms with E-state index >= 15 is 0 Å². The number of aromatic hydroxyl groups is 1. The van der Waals surface area contributed by atoms with Gasteiger partial charge in [-0.15, -0.1) is 24.8 Å². The predicted molar refractivity (Wildman–Crippen MR) is 185 cm³/mol. The van der Waals surface area contributed by atoms with E-state index in [-0.39, 0.29) is 36.4 Å². The number of hydrogen-bond acceptors (Lipinski definition) is 9. The van der Waals surface area contributed by atoms with Crippen LogP contribution in [-0.2, 0) is 0 Å². The molecule has 2 aromatic carbocycles. The third kappa shape index (κ3) is 5.97. The maximum absolute atomic E-state index is 14.4. The number of nitrogen functional groups attached to an aromatic ring is 1. The molecular formula is C34H36Cl2FN7O3. The fourth-order valence-electron chi connectivity index (χ4n) is 6.96. The van der Waals surface area contributed by atoms with Crippen LogP contribution in [0.1, 0.15) is 43.6 Å². The third-order valence-corrected chi connectivity index (χ3v) is 9.52. The van der Waals surface area contributed by atoms with Crippen molar-refractivity contribution in [3.63, 3.8) is 0 Å². The molecule has 1 saturated carbocycles. The number of rotatable bonds is 7. The Morgan fingerprint density at radius 3 is 2.57 bits per heavy atom. The number of nitrogens with two attached hydrogens (primary N) is 1. The zero-order valence-electron chi connectivity index (χ0n) is 25.8. The Labute approximate surface area is 282 Å². The quantitative estimate of drug-likeness (QED) is 0.224. The van der Waals surface area contributed by atoms with E-state index in [4.69, 9.17) is 15.2 Å². The molecule has 5 heterocycles. The molecule has 0 bridgehead atoms. The van der Waals surface area contributed by atoms with E-state index in [1.54, 1.807) is 10.7 Å². The maximum atomic E-state index is 14.4. The number of benzene rings is 2. The van der Waals surface area contributed by atoms with Crippen molar-refractivity contribution >= 4 is 58.0 Å². The Morgan fingerprint density at radius 2 is 1.87 bits per heavy atom. The second-order valence-corrected chi connectivity index (χ2v) is 12.6. The van der Waals surface area contributed by atoms with Crippen molar-refractivity contribution in [2.75, 3.05) is 38.5 Å². The normalized spacial score (nSPS) is 18.0. The molecule has 3 N–H and O–H groups in total. The standard InChI is InChI=1S/C34H34FN7O3.2ClH/c1-19(42-33-29(32(36)37-18-38-33)30(39-42)22-12-23(35)14-25(43)13-22)31-28(26-4-2-3-5-27(26)34(44)45-31)21-8-10-41(11-9-21)24-16-40(17-24)15-20-6-7-20;;/h2-5,8,12-14,18-20,24,43H,6-7,9-11,15-17H2,1H3,(H2,36,37,38);2*1H. The number of anilines is 1. The summed E-state index contributed by atoms with van der Waals surface area (Å²) in [6.45, 7) is 7.16. The second kappa shape index (κ2) is 12.9. The lowest BCUT2D eigenvalue weighted by atomic mass is 9.91. The van der Waals surface area contributed by atoms with Crippen LogP contribution < -0.4 is 11.4 Å². The second-order valence-electron chi connectivity index (χ2n) is 12.6.